The van der Waals surface area contributed by atoms with Crippen LogP contribution in [0, 0.1) is 0 Å². The van der Waals surface area contributed by atoms with Gasteiger partial charge in [-0.25, -0.2) is 0 Å². The Morgan fingerprint density at radius 2 is 2.08 bits per heavy atom. The van der Waals surface area contributed by atoms with Gasteiger partial charge >= 0.3 is 0 Å². The summed E-state index contributed by atoms with van der Waals surface area (Å²) in [5.41, 5.74) is 0. The number of carbonyl (C=O) groups is 1. The topological polar surface area (TPSA) is 23.6 Å². The molecule has 1 heterocycles. The van der Waals surface area contributed by atoms with E-state index in [1.54, 1.807) is 0 Å². The van der Waals surface area contributed by atoms with Crippen LogP contribution in [-0.4, -0.2) is 54.9 Å². The van der Waals surface area contributed by atoms with Crippen LogP contribution in [0.15, 0.2) is 0 Å². The zero-order valence-electron chi connectivity index (χ0n) is 8.49. The van der Waals surface area contributed by atoms with E-state index < -0.39 is 0 Å². The average Bonchev–Trinajstić information content (AvgIpc) is 2.32. The second kappa shape index (κ2) is 3.39. The van der Waals surface area contributed by atoms with Crippen LogP contribution in [-0.2, 0) is 4.79 Å². The summed E-state index contributed by atoms with van der Waals surface area (Å²) in [6.45, 7) is 2.17. The zero-order chi connectivity index (χ0) is 9.42. The molecule has 0 radical (unpaired) electrons. The molecule has 0 N–H and O–H groups in total. The standard InChI is InChI=1S/C10H18N2O/c1-11(2)8-6-12(7-8)9-4-3-5-10(9)13/h8-9H,3-7H2,1-2H3. The van der Waals surface area contributed by atoms with Crippen molar-refractivity contribution >= 4 is 5.78 Å². The van der Waals surface area contributed by atoms with Gasteiger partial charge in [-0.1, -0.05) is 0 Å². The summed E-state index contributed by atoms with van der Waals surface area (Å²) in [6.07, 6.45) is 3.01. The van der Waals surface area contributed by atoms with Gasteiger partial charge in [0.15, 0.2) is 0 Å². The van der Waals surface area contributed by atoms with E-state index in [1.165, 1.54) is 0 Å². The zero-order valence-corrected chi connectivity index (χ0v) is 8.49. The van der Waals surface area contributed by atoms with E-state index in [2.05, 4.69) is 23.9 Å². The first-order valence-corrected chi connectivity index (χ1v) is 5.11. The second-order valence-corrected chi connectivity index (χ2v) is 4.45. The number of likely N-dealkylation sites (N-methyl/N-ethyl adjacent to an activating group) is 1. The Hall–Kier alpha value is -0.410. The van der Waals surface area contributed by atoms with E-state index in [-0.39, 0.29) is 6.04 Å². The predicted octanol–water partition coefficient (Wildman–Crippen LogP) is 0.354. The Morgan fingerprint density at radius 3 is 2.54 bits per heavy atom. The smallest absolute Gasteiger partial charge is 0.149 e. The lowest BCUT2D eigenvalue weighted by atomic mass is 10.0. The Balaban J connectivity index is 1.82. The number of likely N-dealkylation sites (tertiary alicyclic amines) is 1. The summed E-state index contributed by atoms with van der Waals surface area (Å²) in [5, 5.41) is 0. The molecule has 1 aliphatic carbocycles. The van der Waals surface area contributed by atoms with Crippen LogP contribution in [0.5, 0.6) is 0 Å². The van der Waals surface area contributed by atoms with Gasteiger partial charge in [-0.15, -0.1) is 0 Å². The van der Waals surface area contributed by atoms with Gasteiger partial charge in [-0.05, 0) is 26.9 Å². The molecule has 1 atom stereocenters. The average molecular weight is 182 g/mol. The minimum absolute atomic E-state index is 0.274. The van der Waals surface area contributed by atoms with Crippen LogP contribution in [0.2, 0.25) is 0 Å². The highest BCUT2D eigenvalue weighted by molar-refractivity contribution is 5.86. The molecule has 2 rings (SSSR count). The van der Waals surface area contributed by atoms with E-state index in [0.29, 0.717) is 11.8 Å². The van der Waals surface area contributed by atoms with Crippen molar-refractivity contribution in [3.05, 3.63) is 0 Å². The maximum atomic E-state index is 11.4. The summed E-state index contributed by atoms with van der Waals surface area (Å²) in [7, 11) is 4.22. The van der Waals surface area contributed by atoms with E-state index in [4.69, 9.17) is 0 Å². The lowest BCUT2D eigenvalue weighted by Gasteiger charge is -2.45. The number of carbonyl (C=O) groups excluding carboxylic acids is 1. The monoisotopic (exact) mass is 182 g/mol. The molecule has 0 amide bonds. The third-order valence-electron chi connectivity index (χ3n) is 3.33. The van der Waals surface area contributed by atoms with Crippen molar-refractivity contribution in [1.82, 2.24) is 9.80 Å². The largest absolute Gasteiger partial charge is 0.304 e. The fourth-order valence-corrected chi connectivity index (χ4v) is 2.25. The van der Waals surface area contributed by atoms with Crippen molar-refractivity contribution in [2.45, 2.75) is 31.3 Å². The first-order valence-electron chi connectivity index (χ1n) is 5.11. The highest BCUT2D eigenvalue weighted by atomic mass is 16.1. The Kier molecular flexibility index (Phi) is 2.39. The van der Waals surface area contributed by atoms with Crippen LogP contribution in [0.4, 0.5) is 0 Å². The SMILES string of the molecule is CN(C)C1CN(C2CCCC2=O)C1. The van der Waals surface area contributed by atoms with Gasteiger partial charge in [0.25, 0.3) is 0 Å². The third-order valence-corrected chi connectivity index (χ3v) is 3.33. The van der Waals surface area contributed by atoms with Gasteiger partial charge in [0.2, 0.25) is 0 Å². The van der Waals surface area contributed by atoms with Crippen molar-refractivity contribution in [3.8, 4) is 0 Å². The normalized spacial score (nSPS) is 31.3. The summed E-state index contributed by atoms with van der Waals surface area (Å²) < 4.78 is 0. The van der Waals surface area contributed by atoms with Gasteiger partial charge < -0.3 is 4.90 Å². The van der Waals surface area contributed by atoms with E-state index in [0.717, 1.165) is 32.4 Å². The highest BCUT2D eigenvalue weighted by Crippen LogP contribution is 2.25. The molecule has 1 saturated carbocycles. The molecule has 1 unspecified atom stereocenters. The van der Waals surface area contributed by atoms with Gasteiger partial charge in [0.05, 0.1) is 6.04 Å². The summed E-state index contributed by atoms with van der Waals surface area (Å²) in [6, 6.07) is 0.949. The molecule has 1 saturated heterocycles. The first-order chi connectivity index (χ1) is 6.18. The van der Waals surface area contributed by atoms with Gasteiger partial charge in [0.1, 0.15) is 5.78 Å². The van der Waals surface area contributed by atoms with Crippen molar-refractivity contribution in [2.75, 3.05) is 27.2 Å². The second-order valence-electron chi connectivity index (χ2n) is 4.45. The molecule has 1 aliphatic heterocycles. The quantitative estimate of drug-likeness (QED) is 0.616. The van der Waals surface area contributed by atoms with Crippen LogP contribution in [0.25, 0.3) is 0 Å². The van der Waals surface area contributed by atoms with E-state index in [9.17, 15) is 4.79 Å². The minimum Gasteiger partial charge on any atom is -0.304 e. The number of ketones is 1. The molecular formula is C10H18N2O. The number of hydrogen-bond acceptors (Lipinski definition) is 3. The van der Waals surface area contributed by atoms with Crippen LogP contribution < -0.4 is 0 Å². The molecule has 13 heavy (non-hydrogen) atoms. The van der Waals surface area contributed by atoms with Crippen molar-refractivity contribution in [2.24, 2.45) is 0 Å². The fraction of sp³-hybridized carbons (Fsp3) is 0.900. The third kappa shape index (κ3) is 1.63. The summed E-state index contributed by atoms with van der Waals surface area (Å²) in [4.78, 5) is 16.0. The Labute approximate surface area is 79.7 Å². The number of rotatable bonds is 2. The maximum absolute atomic E-state index is 11.4. The molecule has 0 spiro atoms. The van der Waals surface area contributed by atoms with Gasteiger partial charge in [-0.2, -0.15) is 0 Å². The van der Waals surface area contributed by atoms with Crippen molar-refractivity contribution in [3.63, 3.8) is 0 Å². The van der Waals surface area contributed by atoms with Crippen LogP contribution in [0.3, 0.4) is 0 Å². The number of nitrogens with zero attached hydrogens (tertiary/aromatic N) is 2. The molecule has 0 aromatic carbocycles. The molecule has 3 heteroatoms. The maximum Gasteiger partial charge on any atom is 0.149 e. The predicted molar refractivity (Wildman–Crippen MR) is 51.7 cm³/mol. The Bertz CT molecular complexity index is 209. The lowest BCUT2D eigenvalue weighted by Crippen LogP contribution is -2.61. The van der Waals surface area contributed by atoms with E-state index in [1.807, 2.05) is 0 Å². The molecule has 74 valence electrons. The first kappa shape index (κ1) is 9.16. The number of hydrogen-bond donors (Lipinski definition) is 0. The van der Waals surface area contributed by atoms with Gasteiger partial charge in [0, 0.05) is 25.6 Å². The minimum atomic E-state index is 0.274. The molecule has 0 aromatic heterocycles. The molecule has 0 aromatic rings. The molecule has 3 nitrogen and oxygen atoms in total. The molecule has 0 bridgehead atoms. The van der Waals surface area contributed by atoms with Crippen molar-refractivity contribution < 1.29 is 4.79 Å². The van der Waals surface area contributed by atoms with Crippen molar-refractivity contribution in [1.29, 1.82) is 0 Å². The molecule has 2 aliphatic rings. The lowest BCUT2D eigenvalue weighted by molar-refractivity contribution is -0.124. The molecule has 2 fully saturated rings. The summed E-state index contributed by atoms with van der Waals surface area (Å²) >= 11 is 0. The highest BCUT2D eigenvalue weighted by Gasteiger charge is 2.38. The number of Topliss-reactive ketones (excluding diaryl/α,β-unsaturated/α-hetero) is 1. The molecular weight excluding hydrogens is 164 g/mol. The van der Waals surface area contributed by atoms with E-state index >= 15 is 0 Å². The Morgan fingerprint density at radius 1 is 1.38 bits per heavy atom. The van der Waals surface area contributed by atoms with Gasteiger partial charge in [-0.3, -0.25) is 9.69 Å². The summed E-state index contributed by atoms with van der Waals surface area (Å²) in [5.74, 6) is 0.470. The van der Waals surface area contributed by atoms with Crippen LogP contribution >= 0.6 is 0 Å². The van der Waals surface area contributed by atoms with Crippen LogP contribution in [0.1, 0.15) is 19.3 Å². The fourth-order valence-electron chi connectivity index (χ4n) is 2.25.